The first-order valence-electron chi connectivity index (χ1n) is 7.67. The number of anilines is 1. The molecular weight excluding hydrogens is 298 g/mol. The minimum Gasteiger partial charge on any atom is -0.481 e. The number of urea groups is 1. The van der Waals surface area contributed by atoms with Gasteiger partial charge >= 0.3 is 12.0 Å². The smallest absolute Gasteiger partial charge is 0.316 e. The summed E-state index contributed by atoms with van der Waals surface area (Å²) in [4.78, 5) is 34.4. The number of carbonyl (C=O) groups is 3. The van der Waals surface area contributed by atoms with Gasteiger partial charge in [0.2, 0.25) is 0 Å². The molecule has 7 heteroatoms. The standard InChI is InChI=1S/C16H21N3O4/c17-16(23)18-11-8-6-10(7-9-11)14(20)19-13-5-3-1-2-4-12(13)15(21)22/h6-9,12-13H,1-5H2,(H,19,20)(H,21,22)(H3,17,18,23)/t12-,13+/m1/s1. The third-order valence-corrected chi connectivity index (χ3v) is 4.06. The number of primary amides is 1. The summed E-state index contributed by atoms with van der Waals surface area (Å²) < 4.78 is 0. The highest BCUT2D eigenvalue weighted by Gasteiger charge is 2.30. The molecule has 0 bridgehead atoms. The number of aliphatic carboxylic acids is 1. The lowest BCUT2D eigenvalue weighted by atomic mass is 9.94. The number of nitrogens with two attached hydrogens (primary N) is 1. The lowest BCUT2D eigenvalue weighted by molar-refractivity contribution is -0.142. The van der Waals surface area contributed by atoms with Crippen molar-refractivity contribution >= 4 is 23.6 Å². The van der Waals surface area contributed by atoms with Crippen molar-refractivity contribution in [3.05, 3.63) is 29.8 Å². The van der Waals surface area contributed by atoms with Crippen LogP contribution in [0.1, 0.15) is 42.5 Å². The number of nitrogens with one attached hydrogen (secondary N) is 2. The van der Waals surface area contributed by atoms with Gasteiger partial charge in [0, 0.05) is 17.3 Å². The Morgan fingerprint density at radius 3 is 2.30 bits per heavy atom. The molecule has 0 unspecified atom stereocenters. The number of benzene rings is 1. The summed E-state index contributed by atoms with van der Waals surface area (Å²) in [6, 6.07) is 5.24. The Labute approximate surface area is 134 Å². The van der Waals surface area contributed by atoms with E-state index in [1.807, 2.05) is 0 Å². The predicted molar refractivity (Wildman–Crippen MR) is 85.1 cm³/mol. The van der Waals surface area contributed by atoms with Crippen LogP contribution >= 0.6 is 0 Å². The summed E-state index contributed by atoms with van der Waals surface area (Å²) in [5, 5.41) is 14.6. The molecule has 0 spiro atoms. The molecule has 0 radical (unpaired) electrons. The predicted octanol–water partition coefficient (Wildman–Crippen LogP) is 1.94. The summed E-state index contributed by atoms with van der Waals surface area (Å²) in [5.41, 5.74) is 5.92. The molecule has 1 aliphatic rings. The van der Waals surface area contributed by atoms with E-state index in [0.717, 1.165) is 19.3 Å². The third-order valence-electron chi connectivity index (χ3n) is 4.06. The highest BCUT2D eigenvalue weighted by molar-refractivity contribution is 5.95. The van der Waals surface area contributed by atoms with Gasteiger partial charge in [-0.05, 0) is 37.1 Å². The van der Waals surface area contributed by atoms with E-state index in [-0.39, 0.29) is 11.9 Å². The van der Waals surface area contributed by atoms with Gasteiger partial charge in [-0.3, -0.25) is 9.59 Å². The number of carboxylic acids is 1. The zero-order valence-corrected chi connectivity index (χ0v) is 12.7. The Kier molecular flexibility index (Phi) is 5.56. The first kappa shape index (κ1) is 16.8. The minimum absolute atomic E-state index is 0.311. The molecule has 3 amide bonds. The van der Waals surface area contributed by atoms with Crippen molar-refractivity contribution in [3.8, 4) is 0 Å². The monoisotopic (exact) mass is 319 g/mol. The fraction of sp³-hybridized carbons (Fsp3) is 0.438. The Morgan fingerprint density at radius 2 is 1.70 bits per heavy atom. The average Bonchev–Trinajstić information content (AvgIpc) is 2.72. The van der Waals surface area contributed by atoms with Crippen LogP contribution in [-0.4, -0.2) is 29.1 Å². The molecular formula is C16H21N3O4. The van der Waals surface area contributed by atoms with E-state index in [1.54, 1.807) is 24.3 Å². The van der Waals surface area contributed by atoms with Gasteiger partial charge in [-0.2, -0.15) is 0 Å². The second-order valence-corrected chi connectivity index (χ2v) is 5.73. The van der Waals surface area contributed by atoms with Crippen LogP contribution in [-0.2, 0) is 4.79 Å². The number of carboxylic acid groups (broad SMARTS) is 1. The first-order chi connectivity index (χ1) is 11.0. The largest absolute Gasteiger partial charge is 0.481 e. The minimum atomic E-state index is -0.863. The van der Waals surface area contributed by atoms with E-state index >= 15 is 0 Å². The van der Waals surface area contributed by atoms with Crippen molar-refractivity contribution in [2.45, 2.75) is 38.1 Å². The van der Waals surface area contributed by atoms with Gasteiger partial charge in [-0.15, -0.1) is 0 Å². The SMILES string of the molecule is NC(=O)Nc1ccc(C(=O)N[C@H]2CCCCC[C@H]2C(=O)O)cc1. The molecule has 7 nitrogen and oxygen atoms in total. The maximum Gasteiger partial charge on any atom is 0.316 e. The van der Waals surface area contributed by atoms with E-state index in [9.17, 15) is 19.5 Å². The summed E-state index contributed by atoms with van der Waals surface area (Å²) in [7, 11) is 0. The molecule has 1 aliphatic carbocycles. The number of amides is 3. The van der Waals surface area contributed by atoms with E-state index in [0.29, 0.717) is 24.1 Å². The Balaban J connectivity index is 2.04. The molecule has 1 aromatic carbocycles. The van der Waals surface area contributed by atoms with Crippen molar-refractivity contribution < 1.29 is 19.5 Å². The first-order valence-corrected chi connectivity index (χ1v) is 7.67. The lowest BCUT2D eigenvalue weighted by Crippen LogP contribution is -2.42. The van der Waals surface area contributed by atoms with Crippen LogP contribution < -0.4 is 16.4 Å². The van der Waals surface area contributed by atoms with E-state index in [1.165, 1.54) is 0 Å². The second-order valence-electron chi connectivity index (χ2n) is 5.73. The quantitative estimate of drug-likeness (QED) is 0.633. The third kappa shape index (κ3) is 4.70. The van der Waals surface area contributed by atoms with Gasteiger partial charge < -0.3 is 21.5 Å². The average molecular weight is 319 g/mol. The summed E-state index contributed by atoms with van der Waals surface area (Å²) in [5.74, 6) is -1.72. The highest BCUT2D eigenvalue weighted by atomic mass is 16.4. The van der Waals surface area contributed by atoms with E-state index in [4.69, 9.17) is 5.73 Å². The Morgan fingerprint density at radius 1 is 1.04 bits per heavy atom. The maximum absolute atomic E-state index is 12.3. The zero-order valence-electron chi connectivity index (χ0n) is 12.7. The number of rotatable bonds is 4. The van der Waals surface area contributed by atoms with Crippen LogP contribution in [0.4, 0.5) is 10.5 Å². The van der Waals surface area contributed by atoms with Gasteiger partial charge in [0.25, 0.3) is 5.91 Å². The van der Waals surface area contributed by atoms with Gasteiger partial charge in [0.15, 0.2) is 0 Å². The van der Waals surface area contributed by atoms with Gasteiger partial charge in [-0.25, -0.2) is 4.79 Å². The summed E-state index contributed by atoms with van der Waals surface area (Å²) in [6.07, 6.45) is 4.03. The van der Waals surface area contributed by atoms with Crippen LogP contribution in [0, 0.1) is 5.92 Å². The van der Waals surface area contributed by atoms with Crippen molar-refractivity contribution in [3.63, 3.8) is 0 Å². The summed E-state index contributed by atoms with van der Waals surface area (Å²) in [6.45, 7) is 0. The molecule has 23 heavy (non-hydrogen) atoms. The molecule has 1 saturated carbocycles. The molecule has 2 rings (SSSR count). The number of hydrogen-bond donors (Lipinski definition) is 4. The Bertz CT molecular complexity index is 585. The van der Waals surface area contributed by atoms with Crippen molar-refractivity contribution in [1.82, 2.24) is 5.32 Å². The number of hydrogen-bond acceptors (Lipinski definition) is 3. The van der Waals surface area contributed by atoms with Gasteiger partial charge in [-0.1, -0.05) is 19.3 Å². The molecule has 1 aromatic rings. The topological polar surface area (TPSA) is 122 Å². The van der Waals surface area contributed by atoms with Crippen molar-refractivity contribution in [2.24, 2.45) is 11.7 Å². The molecule has 0 saturated heterocycles. The van der Waals surface area contributed by atoms with Crippen LogP contribution in [0.2, 0.25) is 0 Å². The second kappa shape index (κ2) is 7.62. The van der Waals surface area contributed by atoms with Crippen molar-refractivity contribution in [1.29, 1.82) is 0 Å². The zero-order chi connectivity index (χ0) is 16.8. The molecule has 5 N–H and O–H groups in total. The fourth-order valence-corrected chi connectivity index (χ4v) is 2.87. The van der Waals surface area contributed by atoms with Crippen LogP contribution in [0.25, 0.3) is 0 Å². The van der Waals surface area contributed by atoms with E-state index in [2.05, 4.69) is 10.6 Å². The molecule has 0 aliphatic heterocycles. The van der Waals surface area contributed by atoms with Crippen LogP contribution in [0.15, 0.2) is 24.3 Å². The molecule has 0 heterocycles. The molecule has 2 atom stereocenters. The highest BCUT2D eigenvalue weighted by Crippen LogP contribution is 2.24. The summed E-state index contributed by atoms with van der Waals surface area (Å²) >= 11 is 0. The van der Waals surface area contributed by atoms with Crippen LogP contribution in [0.3, 0.4) is 0 Å². The Hall–Kier alpha value is -2.57. The van der Waals surface area contributed by atoms with Crippen molar-refractivity contribution in [2.75, 3.05) is 5.32 Å². The van der Waals surface area contributed by atoms with E-state index < -0.39 is 17.9 Å². The number of carbonyl (C=O) groups excluding carboxylic acids is 2. The molecule has 124 valence electrons. The van der Waals surface area contributed by atoms with Gasteiger partial charge in [0.1, 0.15) is 0 Å². The lowest BCUT2D eigenvalue weighted by Gasteiger charge is -2.23. The van der Waals surface area contributed by atoms with Crippen LogP contribution in [0.5, 0.6) is 0 Å². The normalized spacial score (nSPS) is 21.0. The molecule has 1 fully saturated rings. The molecule has 0 aromatic heterocycles. The van der Waals surface area contributed by atoms with Gasteiger partial charge in [0.05, 0.1) is 5.92 Å². The maximum atomic E-state index is 12.3. The fourth-order valence-electron chi connectivity index (χ4n) is 2.87.